The van der Waals surface area contributed by atoms with Crippen LogP contribution in [-0.2, 0) is 29.1 Å². The van der Waals surface area contributed by atoms with Crippen LogP contribution in [0.1, 0.15) is 24.5 Å². The first-order valence-electron chi connectivity index (χ1n) is 8.16. The first-order chi connectivity index (χ1) is 11.0. The largest absolute Gasteiger partial charge is 0.339 e. The summed E-state index contributed by atoms with van der Waals surface area (Å²) in [7, 11) is 3.80. The van der Waals surface area contributed by atoms with Crippen LogP contribution in [0.4, 0.5) is 0 Å². The van der Waals surface area contributed by atoms with Gasteiger partial charge in [-0.3, -0.25) is 9.59 Å². The van der Waals surface area contributed by atoms with Gasteiger partial charge in [0, 0.05) is 39.0 Å². The van der Waals surface area contributed by atoms with Crippen LogP contribution in [0.15, 0.2) is 0 Å². The van der Waals surface area contributed by atoms with E-state index in [-0.39, 0.29) is 11.8 Å². The fourth-order valence-electron chi connectivity index (χ4n) is 3.16. The molecular formula is C15H24N6O2. The number of amides is 2. The molecule has 0 unspecified atom stereocenters. The van der Waals surface area contributed by atoms with E-state index in [2.05, 4.69) is 14.8 Å². The van der Waals surface area contributed by atoms with E-state index in [0.29, 0.717) is 45.6 Å². The average Bonchev–Trinajstić information content (AvgIpc) is 2.99. The third kappa shape index (κ3) is 3.52. The molecule has 3 heterocycles. The molecule has 1 saturated heterocycles. The van der Waals surface area contributed by atoms with E-state index in [1.807, 2.05) is 28.8 Å². The normalized spacial score (nSPS) is 18.5. The Morgan fingerprint density at radius 3 is 2.65 bits per heavy atom. The Morgan fingerprint density at radius 1 is 1.13 bits per heavy atom. The SMILES string of the molecule is CN(C)CC(=O)N1CCc2nnc(CN3CCCC3=O)n2CC1. The number of fused-ring (bicyclic) bond motifs is 1. The Labute approximate surface area is 136 Å². The molecule has 0 radical (unpaired) electrons. The standard InChI is InChI=1S/C15H24N6O2/c1-18(2)11-15(23)19-7-5-12-16-17-13(21(12)9-8-19)10-20-6-3-4-14(20)22/h3-11H2,1-2H3. The molecule has 126 valence electrons. The van der Waals surface area contributed by atoms with E-state index >= 15 is 0 Å². The Kier molecular flexibility index (Phi) is 4.61. The highest BCUT2D eigenvalue weighted by Crippen LogP contribution is 2.16. The molecular weight excluding hydrogens is 296 g/mol. The monoisotopic (exact) mass is 320 g/mol. The molecule has 1 aromatic rings. The topological polar surface area (TPSA) is 74.6 Å². The van der Waals surface area contributed by atoms with Crippen LogP contribution in [-0.4, -0.2) is 81.6 Å². The van der Waals surface area contributed by atoms with E-state index in [0.717, 1.165) is 24.6 Å². The highest BCUT2D eigenvalue weighted by atomic mass is 16.2. The van der Waals surface area contributed by atoms with Crippen LogP contribution in [0.5, 0.6) is 0 Å². The van der Waals surface area contributed by atoms with Crippen molar-refractivity contribution in [1.82, 2.24) is 29.5 Å². The Morgan fingerprint density at radius 2 is 1.96 bits per heavy atom. The molecule has 3 rings (SSSR count). The predicted octanol–water partition coefficient (Wildman–Crippen LogP) is -0.653. The van der Waals surface area contributed by atoms with Crippen molar-refractivity contribution in [1.29, 1.82) is 0 Å². The van der Waals surface area contributed by atoms with Crippen LogP contribution in [0.25, 0.3) is 0 Å². The van der Waals surface area contributed by atoms with Crippen LogP contribution in [0.2, 0.25) is 0 Å². The number of likely N-dealkylation sites (N-methyl/N-ethyl adjacent to an activating group) is 1. The summed E-state index contributed by atoms with van der Waals surface area (Å²) in [6.45, 7) is 3.78. The second kappa shape index (κ2) is 6.66. The third-order valence-corrected chi connectivity index (χ3v) is 4.41. The van der Waals surface area contributed by atoms with Crippen molar-refractivity contribution < 1.29 is 9.59 Å². The van der Waals surface area contributed by atoms with Crippen LogP contribution >= 0.6 is 0 Å². The molecule has 23 heavy (non-hydrogen) atoms. The molecule has 2 aliphatic heterocycles. The lowest BCUT2D eigenvalue weighted by atomic mass is 10.3. The van der Waals surface area contributed by atoms with Crippen molar-refractivity contribution in [2.24, 2.45) is 0 Å². The first kappa shape index (κ1) is 15.9. The lowest BCUT2D eigenvalue weighted by Gasteiger charge is -2.22. The molecule has 0 aliphatic carbocycles. The van der Waals surface area contributed by atoms with E-state index in [4.69, 9.17) is 0 Å². The van der Waals surface area contributed by atoms with Crippen molar-refractivity contribution >= 4 is 11.8 Å². The molecule has 2 aliphatic rings. The van der Waals surface area contributed by atoms with Crippen LogP contribution in [0.3, 0.4) is 0 Å². The van der Waals surface area contributed by atoms with Gasteiger partial charge in [0.1, 0.15) is 5.82 Å². The molecule has 8 nitrogen and oxygen atoms in total. The third-order valence-electron chi connectivity index (χ3n) is 4.41. The molecule has 0 atom stereocenters. The fraction of sp³-hybridized carbons (Fsp3) is 0.733. The molecule has 0 saturated carbocycles. The maximum atomic E-state index is 12.2. The first-order valence-corrected chi connectivity index (χ1v) is 8.16. The van der Waals surface area contributed by atoms with Crippen molar-refractivity contribution in [3.8, 4) is 0 Å². The molecule has 8 heteroatoms. The second-order valence-electron chi connectivity index (χ2n) is 6.47. The molecule has 1 fully saturated rings. The quantitative estimate of drug-likeness (QED) is 0.737. The summed E-state index contributed by atoms with van der Waals surface area (Å²) in [4.78, 5) is 29.6. The maximum Gasteiger partial charge on any atom is 0.236 e. The van der Waals surface area contributed by atoms with Gasteiger partial charge >= 0.3 is 0 Å². The molecule has 2 amide bonds. The summed E-state index contributed by atoms with van der Waals surface area (Å²) in [5.74, 6) is 2.08. The van der Waals surface area contributed by atoms with Gasteiger partial charge in [-0.1, -0.05) is 0 Å². The number of rotatable bonds is 4. The fourth-order valence-corrected chi connectivity index (χ4v) is 3.16. The minimum atomic E-state index is 0.144. The van der Waals surface area contributed by atoms with Gasteiger partial charge in [-0.2, -0.15) is 0 Å². The number of hydrogen-bond acceptors (Lipinski definition) is 5. The highest BCUT2D eigenvalue weighted by molar-refractivity contribution is 5.78. The summed E-state index contributed by atoms with van der Waals surface area (Å²) >= 11 is 0. The Hall–Kier alpha value is -1.96. The van der Waals surface area contributed by atoms with Crippen molar-refractivity contribution in [2.75, 3.05) is 40.3 Å². The van der Waals surface area contributed by atoms with Crippen molar-refractivity contribution in [3.05, 3.63) is 11.6 Å². The van der Waals surface area contributed by atoms with Crippen LogP contribution < -0.4 is 0 Å². The zero-order valence-corrected chi connectivity index (χ0v) is 13.9. The minimum absolute atomic E-state index is 0.144. The van der Waals surface area contributed by atoms with Gasteiger partial charge in [0.2, 0.25) is 11.8 Å². The van der Waals surface area contributed by atoms with Gasteiger partial charge in [0.25, 0.3) is 0 Å². The maximum absolute atomic E-state index is 12.2. The Bertz CT molecular complexity index is 597. The number of hydrogen-bond donors (Lipinski definition) is 0. The summed E-state index contributed by atoms with van der Waals surface area (Å²) < 4.78 is 2.08. The van der Waals surface area contributed by atoms with Gasteiger partial charge in [0.15, 0.2) is 5.82 Å². The van der Waals surface area contributed by atoms with E-state index in [1.165, 1.54) is 0 Å². The smallest absolute Gasteiger partial charge is 0.236 e. The number of carbonyl (C=O) groups is 2. The zero-order chi connectivity index (χ0) is 16.4. The summed E-state index contributed by atoms with van der Waals surface area (Å²) in [6.07, 6.45) is 2.26. The number of carbonyl (C=O) groups excluding carboxylic acids is 2. The average molecular weight is 320 g/mol. The van der Waals surface area contributed by atoms with Crippen LogP contribution in [0, 0.1) is 0 Å². The van der Waals surface area contributed by atoms with E-state index in [9.17, 15) is 9.59 Å². The number of aromatic nitrogens is 3. The van der Waals surface area contributed by atoms with Crippen molar-refractivity contribution in [3.63, 3.8) is 0 Å². The summed E-state index contributed by atoms with van der Waals surface area (Å²) in [6, 6.07) is 0. The molecule has 0 aromatic carbocycles. The molecule has 0 bridgehead atoms. The lowest BCUT2D eigenvalue weighted by molar-refractivity contribution is -0.131. The van der Waals surface area contributed by atoms with Crippen molar-refractivity contribution in [2.45, 2.75) is 32.4 Å². The lowest BCUT2D eigenvalue weighted by Crippen LogP contribution is -2.39. The van der Waals surface area contributed by atoms with Gasteiger partial charge < -0.3 is 19.3 Å². The molecule has 0 N–H and O–H groups in total. The summed E-state index contributed by atoms with van der Waals surface area (Å²) in [5.41, 5.74) is 0. The van der Waals surface area contributed by atoms with Gasteiger partial charge in [-0.15, -0.1) is 10.2 Å². The molecule has 0 spiro atoms. The number of likely N-dealkylation sites (tertiary alicyclic amines) is 1. The minimum Gasteiger partial charge on any atom is -0.339 e. The zero-order valence-electron chi connectivity index (χ0n) is 13.9. The highest BCUT2D eigenvalue weighted by Gasteiger charge is 2.25. The van der Waals surface area contributed by atoms with Gasteiger partial charge in [-0.05, 0) is 20.5 Å². The Balaban J connectivity index is 1.66. The van der Waals surface area contributed by atoms with E-state index in [1.54, 1.807) is 0 Å². The second-order valence-corrected chi connectivity index (χ2v) is 6.47. The number of nitrogens with zero attached hydrogens (tertiary/aromatic N) is 6. The summed E-state index contributed by atoms with van der Waals surface area (Å²) in [5, 5.41) is 8.53. The molecule has 1 aromatic heterocycles. The van der Waals surface area contributed by atoms with Gasteiger partial charge in [0.05, 0.1) is 13.1 Å². The predicted molar refractivity (Wildman–Crippen MR) is 83.5 cm³/mol. The van der Waals surface area contributed by atoms with Gasteiger partial charge in [-0.25, -0.2) is 0 Å². The van der Waals surface area contributed by atoms with E-state index < -0.39 is 0 Å².